The Morgan fingerprint density at radius 2 is 1.73 bits per heavy atom. The summed E-state index contributed by atoms with van der Waals surface area (Å²) in [6, 6.07) is 15.6. The van der Waals surface area contributed by atoms with Gasteiger partial charge in [-0.15, -0.1) is 0 Å². The number of rotatable bonds is 5. The first-order chi connectivity index (χ1) is 10.6. The second-order valence-electron chi connectivity index (χ2n) is 4.75. The average molecular weight is 362 g/mol. The summed E-state index contributed by atoms with van der Waals surface area (Å²) in [5, 5.41) is 2.72. The van der Waals surface area contributed by atoms with Crippen LogP contribution in [0.3, 0.4) is 0 Å². The highest BCUT2D eigenvalue weighted by Gasteiger charge is 2.22. The Bertz CT molecular complexity index is 641. The molecule has 5 heteroatoms. The highest BCUT2D eigenvalue weighted by molar-refractivity contribution is 9.10. The predicted octanol–water partition coefficient (Wildman–Crippen LogP) is 2.96. The van der Waals surface area contributed by atoms with Crippen LogP contribution in [0, 0.1) is 0 Å². The van der Waals surface area contributed by atoms with Crippen molar-refractivity contribution in [3.05, 3.63) is 70.2 Å². The van der Waals surface area contributed by atoms with E-state index >= 15 is 0 Å². The summed E-state index contributed by atoms with van der Waals surface area (Å²) < 4.78 is 5.74. The van der Waals surface area contributed by atoms with Gasteiger partial charge in [-0.3, -0.25) is 4.79 Å². The lowest BCUT2D eigenvalue weighted by atomic mass is 10.1. The molecule has 2 aromatic carbocycles. The van der Waals surface area contributed by atoms with Crippen LogP contribution in [0.25, 0.3) is 0 Å². The highest BCUT2D eigenvalue weighted by atomic mass is 79.9. The minimum absolute atomic E-state index is 0.298. The number of ether oxygens (including phenoxy) is 1. The SMILES string of the molecule is COC(=O)[C@H](Cc1ccc(Br)cc1)NC(=O)c1ccccc1. The van der Waals surface area contributed by atoms with E-state index in [9.17, 15) is 9.59 Å². The molecule has 114 valence electrons. The average Bonchev–Trinajstić information content (AvgIpc) is 2.56. The zero-order valence-corrected chi connectivity index (χ0v) is 13.7. The van der Waals surface area contributed by atoms with E-state index in [0.29, 0.717) is 12.0 Å². The van der Waals surface area contributed by atoms with E-state index in [1.807, 2.05) is 30.3 Å². The van der Waals surface area contributed by atoms with Crippen LogP contribution in [0.1, 0.15) is 15.9 Å². The summed E-state index contributed by atoms with van der Waals surface area (Å²) in [7, 11) is 1.31. The second-order valence-corrected chi connectivity index (χ2v) is 5.66. The van der Waals surface area contributed by atoms with E-state index in [1.54, 1.807) is 24.3 Å². The van der Waals surface area contributed by atoms with Crippen LogP contribution in [0.15, 0.2) is 59.1 Å². The van der Waals surface area contributed by atoms with E-state index < -0.39 is 12.0 Å². The maximum absolute atomic E-state index is 12.2. The van der Waals surface area contributed by atoms with E-state index in [4.69, 9.17) is 4.74 Å². The molecular weight excluding hydrogens is 346 g/mol. The van der Waals surface area contributed by atoms with Crippen molar-refractivity contribution in [1.29, 1.82) is 0 Å². The summed E-state index contributed by atoms with van der Waals surface area (Å²) in [4.78, 5) is 24.1. The number of methoxy groups -OCH3 is 1. The van der Waals surface area contributed by atoms with Crippen LogP contribution < -0.4 is 5.32 Å². The number of benzene rings is 2. The Morgan fingerprint density at radius 3 is 2.32 bits per heavy atom. The third kappa shape index (κ3) is 4.43. The summed E-state index contributed by atoms with van der Waals surface area (Å²) in [5.41, 5.74) is 1.44. The van der Waals surface area contributed by atoms with Crippen molar-refractivity contribution in [3.8, 4) is 0 Å². The normalized spacial score (nSPS) is 11.5. The van der Waals surface area contributed by atoms with Crippen LogP contribution in [0.2, 0.25) is 0 Å². The standard InChI is InChI=1S/C17H16BrNO3/c1-22-17(21)15(11-12-7-9-14(18)10-8-12)19-16(20)13-5-3-2-4-6-13/h2-10,15H,11H2,1H3,(H,19,20)/t15-/m0/s1. The zero-order chi connectivity index (χ0) is 15.9. The number of esters is 1. The number of halogens is 1. The van der Waals surface area contributed by atoms with Gasteiger partial charge in [-0.25, -0.2) is 4.79 Å². The molecule has 0 bridgehead atoms. The second kappa shape index (κ2) is 7.75. The molecule has 4 nitrogen and oxygen atoms in total. The van der Waals surface area contributed by atoms with Crippen molar-refractivity contribution in [2.24, 2.45) is 0 Å². The molecule has 0 aromatic heterocycles. The van der Waals surface area contributed by atoms with Crippen molar-refractivity contribution in [3.63, 3.8) is 0 Å². The molecule has 1 N–H and O–H groups in total. The molecule has 0 radical (unpaired) electrons. The van der Waals surface area contributed by atoms with Crippen molar-refractivity contribution < 1.29 is 14.3 Å². The molecule has 0 heterocycles. The molecule has 0 unspecified atom stereocenters. The molecule has 0 aliphatic carbocycles. The topological polar surface area (TPSA) is 55.4 Å². The van der Waals surface area contributed by atoms with Gasteiger partial charge in [-0.1, -0.05) is 46.3 Å². The Kier molecular flexibility index (Phi) is 5.72. The van der Waals surface area contributed by atoms with Crippen molar-refractivity contribution in [2.45, 2.75) is 12.5 Å². The Hall–Kier alpha value is -2.14. The Morgan fingerprint density at radius 1 is 1.09 bits per heavy atom. The summed E-state index contributed by atoms with van der Waals surface area (Å²) >= 11 is 3.36. The van der Waals surface area contributed by atoms with Gasteiger partial charge < -0.3 is 10.1 Å². The summed E-state index contributed by atoms with van der Waals surface area (Å²) in [5.74, 6) is -0.764. The maximum Gasteiger partial charge on any atom is 0.328 e. The van der Waals surface area contributed by atoms with Gasteiger partial charge in [0.1, 0.15) is 6.04 Å². The third-order valence-electron chi connectivity index (χ3n) is 3.18. The molecule has 0 fully saturated rings. The molecule has 0 spiro atoms. The number of amides is 1. The van der Waals surface area contributed by atoms with Crippen molar-refractivity contribution in [2.75, 3.05) is 7.11 Å². The molecule has 0 saturated carbocycles. The molecule has 1 atom stereocenters. The van der Waals surface area contributed by atoms with Gasteiger partial charge in [0.15, 0.2) is 0 Å². The van der Waals surface area contributed by atoms with Crippen molar-refractivity contribution >= 4 is 27.8 Å². The molecule has 22 heavy (non-hydrogen) atoms. The minimum Gasteiger partial charge on any atom is -0.467 e. The fourth-order valence-electron chi connectivity index (χ4n) is 2.02. The quantitative estimate of drug-likeness (QED) is 0.833. The molecule has 0 saturated heterocycles. The number of hydrogen-bond acceptors (Lipinski definition) is 3. The first-order valence-electron chi connectivity index (χ1n) is 6.78. The Labute approximate surface area is 137 Å². The molecule has 2 rings (SSSR count). The number of carbonyl (C=O) groups is 2. The molecule has 0 aliphatic rings. The van der Waals surface area contributed by atoms with Gasteiger partial charge in [0.05, 0.1) is 7.11 Å². The summed E-state index contributed by atoms with van der Waals surface area (Å²) in [6.45, 7) is 0. The lowest BCUT2D eigenvalue weighted by molar-refractivity contribution is -0.142. The molecule has 2 aromatic rings. The van der Waals surface area contributed by atoms with Crippen LogP contribution >= 0.6 is 15.9 Å². The lowest BCUT2D eigenvalue weighted by Crippen LogP contribution is -2.43. The lowest BCUT2D eigenvalue weighted by Gasteiger charge is -2.16. The van der Waals surface area contributed by atoms with Gasteiger partial charge in [-0.05, 0) is 29.8 Å². The van der Waals surface area contributed by atoms with E-state index in [0.717, 1.165) is 10.0 Å². The van der Waals surface area contributed by atoms with Gasteiger partial charge >= 0.3 is 5.97 Å². The fourth-order valence-corrected chi connectivity index (χ4v) is 2.29. The molecule has 0 aliphatic heterocycles. The largest absolute Gasteiger partial charge is 0.467 e. The first-order valence-corrected chi connectivity index (χ1v) is 7.57. The van der Waals surface area contributed by atoms with Crippen LogP contribution in [-0.2, 0) is 16.0 Å². The summed E-state index contributed by atoms with van der Waals surface area (Å²) in [6.07, 6.45) is 0.374. The monoisotopic (exact) mass is 361 g/mol. The number of carbonyl (C=O) groups excluding carboxylic acids is 2. The van der Waals surface area contributed by atoms with Gasteiger partial charge in [0.25, 0.3) is 5.91 Å². The van der Waals surface area contributed by atoms with Crippen molar-refractivity contribution in [1.82, 2.24) is 5.32 Å². The molecular formula is C17H16BrNO3. The predicted molar refractivity (Wildman–Crippen MR) is 87.6 cm³/mol. The zero-order valence-electron chi connectivity index (χ0n) is 12.1. The van der Waals surface area contributed by atoms with E-state index in [2.05, 4.69) is 21.2 Å². The van der Waals surface area contributed by atoms with Crippen LogP contribution in [0.4, 0.5) is 0 Å². The van der Waals surface area contributed by atoms with Gasteiger partial charge in [0, 0.05) is 16.5 Å². The number of nitrogens with one attached hydrogen (secondary N) is 1. The minimum atomic E-state index is -0.723. The Balaban J connectivity index is 2.11. The number of hydrogen-bond donors (Lipinski definition) is 1. The third-order valence-corrected chi connectivity index (χ3v) is 3.71. The molecule has 1 amide bonds. The smallest absolute Gasteiger partial charge is 0.328 e. The fraction of sp³-hybridized carbons (Fsp3) is 0.176. The van der Waals surface area contributed by atoms with Gasteiger partial charge in [0.2, 0.25) is 0 Å². The maximum atomic E-state index is 12.2. The highest BCUT2D eigenvalue weighted by Crippen LogP contribution is 2.12. The van der Waals surface area contributed by atoms with E-state index in [-0.39, 0.29) is 5.91 Å². The van der Waals surface area contributed by atoms with Crippen LogP contribution in [0.5, 0.6) is 0 Å². The van der Waals surface area contributed by atoms with E-state index in [1.165, 1.54) is 7.11 Å². The van der Waals surface area contributed by atoms with Gasteiger partial charge in [-0.2, -0.15) is 0 Å². The first kappa shape index (κ1) is 16.2. The van der Waals surface area contributed by atoms with Crippen LogP contribution in [-0.4, -0.2) is 25.0 Å².